The summed E-state index contributed by atoms with van der Waals surface area (Å²) in [7, 11) is 0. The molecule has 0 unspecified atom stereocenters. The van der Waals surface area contributed by atoms with Gasteiger partial charge in [-0.15, -0.1) is 0 Å². The molecule has 3 heteroatoms. The molecular formula is C14H20HgO2. The maximum absolute atomic E-state index is 11.5. The summed E-state index contributed by atoms with van der Waals surface area (Å²) in [6.07, 6.45) is 6.52. The van der Waals surface area contributed by atoms with Crippen LogP contribution in [0.2, 0.25) is 0 Å². The number of hydrogen-bond donors (Lipinski definition) is 0. The summed E-state index contributed by atoms with van der Waals surface area (Å²) in [6, 6.07) is 10.1. The van der Waals surface area contributed by atoms with E-state index in [0.717, 1.165) is 12.8 Å². The van der Waals surface area contributed by atoms with E-state index < -0.39 is 25.0 Å². The molecule has 0 aromatic heterocycles. The summed E-state index contributed by atoms with van der Waals surface area (Å²) in [4.78, 5) is 11.5. The van der Waals surface area contributed by atoms with Crippen LogP contribution in [-0.2, 0) is 32.5 Å². The van der Waals surface area contributed by atoms with Crippen molar-refractivity contribution in [2.45, 2.75) is 45.4 Å². The second kappa shape index (κ2) is 9.63. The SMILES string of the molecule is CCCCCCCC(=O)[O][Hg][c]1ccccc1. The van der Waals surface area contributed by atoms with Gasteiger partial charge in [-0.3, -0.25) is 0 Å². The minimum absolute atomic E-state index is 0.0204. The van der Waals surface area contributed by atoms with Crippen LogP contribution in [0.4, 0.5) is 0 Å². The molecule has 1 aromatic carbocycles. The molecule has 0 N–H and O–H groups in total. The van der Waals surface area contributed by atoms with E-state index in [1.165, 1.54) is 22.3 Å². The molecule has 0 fully saturated rings. The van der Waals surface area contributed by atoms with Crippen molar-refractivity contribution >= 4 is 9.04 Å². The Bertz CT molecular complexity index is 311. The second-order valence-corrected chi connectivity index (χ2v) is 9.73. The molecule has 0 aliphatic carbocycles. The molecule has 0 saturated heterocycles. The van der Waals surface area contributed by atoms with Crippen molar-refractivity contribution in [2.75, 3.05) is 0 Å². The Morgan fingerprint density at radius 3 is 2.53 bits per heavy atom. The molecule has 1 aromatic rings. The van der Waals surface area contributed by atoms with Crippen LogP contribution in [-0.4, -0.2) is 5.97 Å². The average molecular weight is 421 g/mol. The number of hydrogen-bond acceptors (Lipinski definition) is 2. The molecule has 0 saturated carbocycles. The van der Waals surface area contributed by atoms with Gasteiger partial charge in [-0.25, -0.2) is 0 Å². The van der Waals surface area contributed by atoms with Gasteiger partial charge in [-0.05, 0) is 0 Å². The van der Waals surface area contributed by atoms with Crippen LogP contribution < -0.4 is 3.07 Å². The van der Waals surface area contributed by atoms with Gasteiger partial charge in [0.2, 0.25) is 0 Å². The Morgan fingerprint density at radius 2 is 1.82 bits per heavy atom. The average Bonchev–Trinajstić information content (AvgIpc) is 2.37. The van der Waals surface area contributed by atoms with Gasteiger partial charge in [0.25, 0.3) is 0 Å². The van der Waals surface area contributed by atoms with Crippen LogP contribution in [0.1, 0.15) is 45.4 Å². The third-order valence-corrected chi connectivity index (χ3v) is 7.67. The Hall–Kier alpha value is -0.375. The fourth-order valence-corrected chi connectivity index (χ4v) is 5.32. The third kappa shape index (κ3) is 7.53. The zero-order valence-corrected chi connectivity index (χ0v) is 16.2. The van der Waals surface area contributed by atoms with Crippen LogP contribution in [0.25, 0.3) is 0 Å². The quantitative estimate of drug-likeness (QED) is 0.477. The summed E-state index contributed by atoms with van der Waals surface area (Å²) in [6.45, 7) is 2.20. The monoisotopic (exact) mass is 422 g/mol. The molecule has 2 nitrogen and oxygen atoms in total. The minimum atomic E-state index is -1.60. The summed E-state index contributed by atoms with van der Waals surface area (Å²) >= 11 is -1.60. The predicted octanol–water partition coefficient (Wildman–Crippen LogP) is 3.21. The van der Waals surface area contributed by atoms with Gasteiger partial charge in [-0.1, -0.05) is 0 Å². The Balaban J connectivity index is 2.05. The number of carbonyl (C=O) groups is 1. The fourth-order valence-electron chi connectivity index (χ4n) is 1.68. The summed E-state index contributed by atoms with van der Waals surface area (Å²) in [5, 5.41) is 0. The molecule has 90 valence electrons. The Morgan fingerprint density at radius 1 is 1.12 bits per heavy atom. The van der Waals surface area contributed by atoms with Gasteiger partial charge < -0.3 is 0 Å². The van der Waals surface area contributed by atoms with Crippen LogP contribution >= 0.6 is 0 Å². The van der Waals surface area contributed by atoms with Crippen LogP contribution in [0.15, 0.2) is 30.3 Å². The van der Waals surface area contributed by atoms with Crippen LogP contribution in [0, 0.1) is 0 Å². The van der Waals surface area contributed by atoms with Crippen molar-refractivity contribution in [3.8, 4) is 0 Å². The van der Waals surface area contributed by atoms with Gasteiger partial charge in [0.15, 0.2) is 0 Å². The third-order valence-electron chi connectivity index (χ3n) is 2.73. The Kier molecular flexibility index (Phi) is 8.32. The molecular weight excluding hydrogens is 401 g/mol. The first-order chi connectivity index (χ1) is 8.33. The normalized spacial score (nSPS) is 9.71. The molecule has 0 bridgehead atoms. The van der Waals surface area contributed by atoms with E-state index in [1.54, 1.807) is 0 Å². The molecule has 0 aliphatic heterocycles. The first-order valence-corrected chi connectivity index (χ1v) is 11.5. The van der Waals surface area contributed by atoms with E-state index in [9.17, 15) is 4.79 Å². The van der Waals surface area contributed by atoms with Crippen molar-refractivity contribution in [1.82, 2.24) is 0 Å². The first-order valence-electron chi connectivity index (χ1n) is 6.52. The summed E-state index contributed by atoms with van der Waals surface area (Å²) in [5.74, 6) is 0.0204. The molecule has 0 aliphatic rings. The van der Waals surface area contributed by atoms with E-state index in [-0.39, 0.29) is 5.97 Å². The van der Waals surface area contributed by atoms with E-state index in [2.05, 4.69) is 19.1 Å². The molecule has 0 amide bonds. The molecule has 0 heterocycles. The number of rotatable bonds is 8. The first kappa shape index (κ1) is 14.7. The van der Waals surface area contributed by atoms with E-state index >= 15 is 0 Å². The summed E-state index contributed by atoms with van der Waals surface area (Å²) < 4.78 is 6.69. The second-order valence-electron chi connectivity index (χ2n) is 4.31. The van der Waals surface area contributed by atoms with Gasteiger partial charge in [0.05, 0.1) is 0 Å². The fraction of sp³-hybridized carbons (Fsp3) is 0.500. The molecule has 0 atom stereocenters. The van der Waals surface area contributed by atoms with Gasteiger partial charge >= 0.3 is 117 Å². The van der Waals surface area contributed by atoms with Crippen molar-refractivity contribution < 1.29 is 32.5 Å². The zero-order chi connectivity index (χ0) is 12.3. The maximum atomic E-state index is 11.5. The number of benzene rings is 1. The zero-order valence-electron chi connectivity index (χ0n) is 10.7. The molecule has 17 heavy (non-hydrogen) atoms. The van der Waals surface area contributed by atoms with Gasteiger partial charge in [0, 0.05) is 0 Å². The van der Waals surface area contributed by atoms with Crippen LogP contribution in [0.5, 0.6) is 0 Å². The van der Waals surface area contributed by atoms with Crippen molar-refractivity contribution in [3.63, 3.8) is 0 Å². The number of carbonyl (C=O) groups excluding carboxylic acids is 1. The standard InChI is InChI=1S/C8H16O2.C6H5.Hg/c1-2-3-4-5-6-7-8(9)10;1-2-4-6-5-3-1;/h2-7H2,1H3,(H,9,10);1-5H;/q;;+1/p-1. The summed E-state index contributed by atoms with van der Waals surface area (Å²) in [5.41, 5.74) is 0. The molecule has 0 spiro atoms. The number of unbranched alkanes of at least 4 members (excludes halogenated alkanes) is 4. The van der Waals surface area contributed by atoms with E-state index in [1.807, 2.05) is 18.2 Å². The van der Waals surface area contributed by atoms with Crippen molar-refractivity contribution in [1.29, 1.82) is 0 Å². The Labute approximate surface area is 117 Å². The molecule has 1 rings (SSSR count). The molecule has 0 radical (unpaired) electrons. The van der Waals surface area contributed by atoms with Gasteiger partial charge in [-0.2, -0.15) is 0 Å². The van der Waals surface area contributed by atoms with E-state index in [4.69, 9.17) is 2.64 Å². The van der Waals surface area contributed by atoms with Crippen molar-refractivity contribution in [2.24, 2.45) is 0 Å². The van der Waals surface area contributed by atoms with E-state index in [0.29, 0.717) is 6.42 Å². The van der Waals surface area contributed by atoms with Crippen molar-refractivity contribution in [3.05, 3.63) is 30.3 Å². The van der Waals surface area contributed by atoms with Crippen LogP contribution in [0.3, 0.4) is 0 Å². The predicted molar refractivity (Wildman–Crippen MR) is 65.5 cm³/mol. The topological polar surface area (TPSA) is 26.3 Å². The van der Waals surface area contributed by atoms with Gasteiger partial charge in [0.1, 0.15) is 0 Å².